The Kier molecular flexibility index (Phi) is 7.11. The summed E-state index contributed by atoms with van der Waals surface area (Å²) in [6.45, 7) is 10.2. The van der Waals surface area contributed by atoms with E-state index in [1.165, 1.54) is 4.90 Å². The Morgan fingerprint density at radius 1 is 1.39 bits per heavy atom. The molecule has 3 heterocycles. The molecule has 3 saturated heterocycles. The number of carboxylic acids is 1. The molecule has 8 nitrogen and oxygen atoms in total. The van der Waals surface area contributed by atoms with Gasteiger partial charge in [0.15, 0.2) is 0 Å². The summed E-state index contributed by atoms with van der Waals surface area (Å²) >= 11 is 0. The van der Waals surface area contributed by atoms with Crippen LogP contribution in [0.4, 0.5) is 0 Å². The Morgan fingerprint density at radius 3 is 2.65 bits per heavy atom. The molecule has 1 spiro atoms. The predicted molar refractivity (Wildman–Crippen MR) is 114 cm³/mol. The number of likely N-dealkylation sites (tertiary alicyclic amines) is 1. The van der Waals surface area contributed by atoms with Gasteiger partial charge in [-0.05, 0) is 25.2 Å². The van der Waals surface area contributed by atoms with Gasteiger partial charge in [-0.15, -0.1) is 6.58 Å². The molecule has 8 heteroatoms. The first-order valence-corrected chi connectivity index (χ1v) is 11.5. The fourth-order valence-electron chi connectivity index (χ4n) is 5.80. The maximum atomic E-state index is 13.9. The molecule has 0 saturated carbocycles. The highest BCUT2D eigenvalue weighted by atomic mass is 16.5. The normalized spacial score (nSPS) is 32.4. The minimum atomic E-state index is -1.14. The summed E-state index contributed by atoms with van der Waals surface area (Å²) in [5.74, 6) is -3.64. The molecular formula is C23H36N2O6. The molecule has 3 fully saturated rings. The lowest BCUT2D eigenvalue weighted by molar-refractivity contribution is -0.154. The van der Waals surface area contributed by atoms with Gasteiger partial charge in [0.25, 0.3) is 0 Å². The standard InChI is InChI=1S/C23H36N2O6/c1-5-7-8-12-24(11-6-2)21(28)19-23-10-9-16(31-23)17(22(29)30)18(23)20(27)25(19)15(13-26)14(3)4/h6,14-19,26H,2,5,7-13H2,1,3-4H3,(H,29,30)/t15-,16+,17-,18-,19?,23?/m0/s1. The fourth-order valence-corrected chi connectivity index (χ4v) is 5.80. The molecule has 0 aliphatic carbocycles. The van der Waals surface area contributed by atoms with E-state index in [0.29, 0.717) is 25.9 Å². The summed E-state index contributed by atoms with van der Waals surface area (Å²) in [6, 6.07) is -1.51. The number of carbonyl (C=O) groups excluding carboxylic acids is 2. The van der Waals surface area contributed by atoms with Crippen LogP contribution in [0.25, 0.3) is 0 Å². The summed E-state index contributed by atoms with van der Waals surface area (Å²) in [4.78, 5) is 42.7. The van der Waals surface area contributed by atoms with Crippen molar-refractivity contribution < 1.29 is 29.3 Å². The number of aliphatic carboxylic acids is 1. The first kappa shape index (κ1) is 23.7. The highest BCUT2D eigenvalue weighted by molar-refractivity contribution is 5.98. The van der Waals surface area contributed by atoms with E-state index in [2.05, 4.69) is 13.5 Å². The van der Waals surface area contributed by atoms with E-state index >= 15 is 0 Å². The SMILES string of the molecule is C=CCN(CCCCC)C(=O)C1N([C@@H](CO)C(C)C)C(=O)[C@@H]2[C@@H](C(=O)O)[C@H]3CCC12O3. The van der Waals surface area contributed by atoms with Crippen LogP contribution in [-0.2, 0) is 19.1 Å². The zero-order valence-electron chi connectivity index (χ0n) is 18.8. The molecule has 3 aliphatic heterocycles. The lowest BCUT2D eigenvalue weighted by Crippen LogP contribution is -2.59. The molecule has 3 rings (SSSR count). The van der Waals surface area contributed by atoms with Gasteiger partial charge >= 0.3 is 5.97 Å². The van der Waals surface area contributed by atoms with E-state index in [-0.39, 0.29) is 24.3 Å². The smallest absolute Gasteiger partial charge is 0.310 e. The highest BCUT2D eigenvalue weighted by Gasteiger charge is 2.75. The monoisotopic (exact) mass is 436 g/mol. The summed E-state index contributed by atoms with van der Waals surface area (Å²) in [5.41, 5.74) is -1.14. The minimum Gasteiger partial charge on any atom is -0.481 e. The van der Waals surface area contributed by atoms with E-state index in [1.54, 1.807) is 11.0 Å². The Labute approximate surface area is 184 Å². The Morgan fingerprint density at radius 2 is 2.10 bits per heavy atom. The molecule has 2 bridgehead atoms. The van der Waals surface area contributed by atoms with Crippen molar-refractivity contribution in [3.63, 3.8) is 0 Å². The number of hydrogen-bond donors (Lipinski definition) is 2. The van der Waals surface area contributed by atoms with Gasteiger partial charge in [-0.3, -0.25) is 14.4 Å². The molecule has 2 unspecified atom stereocenters. The van der Waals surface area contributed by atoms with Crippen molar-refractivity contribution in [1.82, 2.24) is 9.80 Å². The van der Waals surface area contributed by atoms with Crippen LogP contribution in [0.5, 0.6) is 0 Å². The summed E-state index contributed by atoms with van der Waals surface area (Å²) in [6.07, 6.45) is 4.93. The van der Waals surface area contributed by atoms with Crippen LogP contribution in [0.1, 0.15) is 52.9 Å². The van der Waals surface area contributed by atoms with E-state index < -0.39 is 41.6 Å². The van der Waals surface area contributed by atoms with Crippen LogP contribution in [0.15, 0.2) is 12.7 Å². The molecule has 0 aromatic rings. The number of unbranched alkanes of at least 4 members (excludes halogenated alkanes) is 2. The third-order valence-corrected chi connectivity index (χ3v) is 7.26. The third-order valence-electron chi connectivity index (χ3n) is 7.26. The van der Waals surface area contributed by atoms with E-state index in [4.69, 9.17) is 4.74 Å². The number of hydrogen-bond acceptors (Lipinski definition) is 5. The van der Waals surface area contributed by atoms with Gasteiger partial charge < -0.3 is 24.7 Å². The summed E-state index contributed by atoms with van der Waals surface area (Å²) in [5, 5.41) is 19.9. The zero-order valence-corrected chi connectivity index (χ0v) is 18.8. The molecule has 6 atom stereocenters. The second-order valence-corrected chi connectivity index (χ2v) is 9.41. The van der Waals surface area contributed by atoms with Gasteiger partial charge in [0.1, 0.15) is 11.6 Å². The molecule has 2 N–H and O–H groups in total. The van der Waals surface area contributed by atoms with Crippen LogP contribution in [-0.4, -0.2) is 81.3 Å². The molecule has 0 aromatic carbocycles. The molecule has 2 amide bonds. The Balaban J connectivity index is 2.04. The predicted octanol–water partition coefficient (Wildman–Crippen LogP) is 1.67. The van der Waals surface area contributed by atoms with Crippen molar-refractivity contribution in [2.75, 3.05) is 19.7 Å². The van der Waals surface area contributed by atoms with E-state index in [9.17, 15) is 24.6 Å². The fraction of sp³-hybridized carbons (Fsp3) is 0.783. The number of fused-ring (bicyclic) bond motifs is 1. The second kappa shape index (κ2) is 9.28. The molecule has 0 aromatic heterocycles. The van der Waals surface area contributed by atoms with Gasteiger partial charge in [-0.1, -0.05) is 39.7 Å². The molecule has 174 valence electrons. The second-order valence-electron chi connectivity index (χ2n) is 9.41. The van der Waals surface area contributed by atoms with Crippen molar-refractivity contribution in [1.29, 1.82) is 0 Å². The number of carbonyl (C=O) groups is 3. The van der Waals surface area contributed by atoms with Crippen LogP contribution in [0, 0.1) is 17.8 Å². The number of aliphatic hydroxyl groups excluding tert-OH is 1. The highest BCUT2D eigenvalue weighted by Crippen LogP contribution is 2.59. The lowest BCUT2D eigenvalue weighted by atomic mass is 9.70. The summed E-state index contributed by atoms with van der Waals surface area (Å²) in [7, 11) is 0. The van der Waals surface area contributed by atoms with Crippen molar-refractivity contribution in [3.8, 4) is 0 Å². The Hall–Kier alpha value is -1.93. The van der Waals surface area contributed by atoms with Gasteiger partial charge in [-0.2, -0.15) is 0 Å². The number of nitrogens with zero attached hydrogens (tertiary/aromatic N) is 2. The largest absolute Gasteiger partial charge is 0.481 e. The van der Waals surface area contributed by atoms with Gasteiger partial charge in [-0.25, -0.2) is 0 Å². The number of carboxylic acid groups (broad SMARTS) is 1. The van der Waals surface area contributed by atoms with E-state index in [0.717, 1.165) is 19.3 Å². The first-order chi connectivity index (χ1) is 14.7. The number of ether oxygens (including phenoxy) is 1. The molecular weight excluding hydrogens is 400 g/mol. The van der Waals surface area contributed by atoms with Gasteiger partial charge in [0, 0.05) is 13.1 Å². The quantitative estimate of drug-likeness (QED) is 0.377. The van der Waals surface area contributed by atoms with Gasteiger partial charge in [0.05, 0.1) is 30.6 Å². The molecule has 3 aliphatic rings. The van der Waals surface area contributed by atoms with Crippen LogP contribution in [0.2, 0.25) is 0 Å². The van der Waals surface area contributed by atoms with Crippen LogP contribution in [0.3, 0.4) is 0 Å². The first-order valence-electron chi connectivity index (χ1n) is 11.5. The molecule has 0 radical (unpaired) electrons. The third kappa shape index (κ3) is 3.78. The number of rotatable bonds is 11. The Bertz CT molecular complexity index is 725. The number of amides is 2. The zero-order chi connectivity index (χ0) is 22.9. The number of aliphatic hydroxyl groups is 1. The van der Waals surface area contributed by atoms with Crippen molar-refractivity contribution >= 4 is 17.8 Å². The van der Waals surface area contributed by atoms with Crippen molar-refractivity contribution in [3.05, 3.63) is 12.7 Å². The minimum absolute atomic E-state index is 0.104. The van der Waals surface area contributed by atoms with Crippen LogP contribution < -0.4 is 0 Å². The average molecular weight is 437 g/mol. The molecule has 31 heavy (non-hydrogen) atoms. The van der Waals surface area contributed by atoms with Crippen molar-refractivity contribution in [2.45, 2.75) is 76.7 Å². The average Bonchev–Trinajstić information content (AvgIpc) is 3.35. The maximum Gasteiger partial charge on any atom is 0.310 e. The topological polar surface area (TPSA) is 107 Å². The van der Waals surface area contributed by atoms with Crippen molar-refractivity contribution in [2.24, 2.45) is 17.8 Å². The lowest BCUT2D eigenvalue weighted by Gasteiger charge is -2.40. The summed E-state index contributed by atoms with van der Waals surface area (Å²) < 4.78 is 6.22. The van der Waals surface area contributed by atoms with Gasteiger partial charge in [0.2, 0.25) is 11.8 Å². The van der Waals surface area contributed by atoms with E-state index in [1.807, 2.05) is 13.8 Å². The van der Waals surface area contributed by atoms with Crippen LogP contribution >= 0.6 is 0 Å². The maximum absolute atomic E-state index is 13.9.